The van der Waals surface area contributed by atoms with Crippen molar-refractivity contribution >= 4 is 28.9 Å². The van der Waals surface area contributed by atoms with Crippen molar-refractivity contribution in [2.24, 2.45) is 17.3 Å². The molecule has 2 rings (SSSR count). The van der Waals surface area contributed by atoms with Crippen molar-refractivity contribution in [2.45, 2.75) is 53.4 Å². The molecule has 5 heteroatoms. The molecule has 0 saturated heterocycles. The molecule has 1 aliphatic carbocycles. The third-order valence-electron chi connectivity index (χ3n) is 4.31. The Bertz CT molecular complexity index is 701. The van der Waals surface area contributed by atoms with E-state index >= 15 is 0 Å². The SMILES string of the molecule is COC(=O)c1sc(C#CC(C)(C)C)cc1NC(=O)C1CCC(C)CC1.[HH]. The summed E-state index contributed by atoms with van der Waals surface area (Å²) in [6, 6.07) is 1.78. The van der Waals surface area contributed by atoms with Crippen molar-refractivity contribution in [2.75, 3.05) is 12.4 Å². The van der Waals surface area contributed by atoms with E-state index in [0.717, 1.165) is 30.6 Å². The number of nitrogens with one attached hydrogen (secondary N) is 1. The number of hydrogen-bond acceptors (Lipinski definition) is 4. The topological polar surface area (TPSA) is 55.4 Å². The highest BCUT2D eigenvalue weighted by atomic mass is 32.1. The first-order valence-electron chi connectivity index (χ1n) is 8.76. The van der Waals surface area contributed by atoms with Crippen LogP contribution in [0.5, 0.6) is 0 Å². The van der Waals surface area contributed by atoms with Gasteiger partial charge in [-0.25, -0.2) is 4.79 Å². The summed E-state index contributed by atoms with van der Waals surface area (Å²) in [6.07, 6.45) is 3.96. The first-order chi connectivity index (χ1) is 11.7. The van der Waals surface area contributed by atoms with Crippen LogP contribution in [0, 0.1) is 29.1 Å². The molecule has 4 nitrogen and oxygen atoms in total. The smallest absolute Gasteiger partial charge is 0.350 e. The summed E-state index contributed by atoms with van der Waals surface area (Å²) < 4.78 is 4.85. The lowest BCUT2D eigenvalue weighted by atomic mass is 9.82. The van der Waals surface area contributed by atoms with Crippen LogP contribution in [0.3, 0.4) is 0 Å². The number of ether oxygens (including phenoxy) is 1. The van der Waals surface area contributed by atoms with E-state index in [1.807, 2.05) is 20.8 Å². The molecule has 25 heavy (non-hydrogen) atoms. The van der Waals surface area contributed by atoms with Crippen LogP contribution >= 0.6 is 11.3 Å². The van der Waals surface area contributed by atoms with E-state index in [0.29, 0.717) is 16.5 Å². The first kappa shape index (κ1) is 19.5. The molecule has 1 aromatic rings. The summed E-state index contributed by atoms with van der Waals surface area (Å²) in [5.74, 6) is 6.50. The normalized spacial score (nSPS) is 20.4. The van der Waals surface area contributed by atoms with Crippen molar-refractivity contribution in [3.05, 3.63) is 15.8 Å². The summed E-state index contributed by atoms with van der Waals surface area (Å²) in [5, 5.41) is 2.93. The van der Waals surface area contributed by atoms with Gasteiger partial charge >= 0.3 is 5.97 Å². The quantitative estimate of drug-likeness (QED) is 0.611. The molecular formula is C20H29NO3S. The van der Waals surface area contributed by atoms with E-state index in [1.165, 1.54) is 18.4 Å². The molecule has 1 amide bonds. The second-order valence-corrected chi connectivity index (χ2v) is 8.84. The lowest BCUT2D eigenvalue weighted by molar-refractivity contribution is -0.121. The van der Waals surface area contributed by atoms with E-state index < -0.39 is 5.97 Å². The number of esters is 1. The van der Waals surface area contributed by atoms with Crippen LogP contribution in [0.25, 0.3) is 0 Å². The Hall–Kier alpha value is -1.80. The van der Waals surface area contributed by atoms with Crippen molar-refractivity contribution in [1.82, 2.24) is 0 Å². The molecule has 0 aliphatic heterocycles. The highest BCUT2D eigenvalue weighted by molar-refractivity contribution is 7.15. The third kappa shape index (κ3) is 5.61. The van der Waals surface area contributed by atoms with Gasteiger partial charge in [-0.1, -0.05) is 18.8 Å². The number of anilines is 1. The zero-order valence-electron chi connectivity index (χ0n) is 15.7. The first-order valence-corrected chi connectivity index (χ1v) is 9.57. The zero-order chi connectivity index (χ0) is 18.6. The Labute approximate surface area is 155 Å². The van der Waals surface area contributed by atoms with E-state index in [-0.39, 0.29) is 18.7 Å². The molecular weight excluding hydrogens is 334 g/mol. The van der Waals surface area contributed by atoms with Crippen molar-refractivity contribution in [3.8, 4) is 11.8 Å². The Balaban J connectivity index is 0.00000338. The van der Waals surface area contributed by atoms with Crippen molar-refractivity contribution in [1.29, 1.82) is 0 Å². The highest BCUT2D eigenvalue weighted by Gasteiger charge is 2.26. The Morgan fingerprint density at radius 1 is 1.28 bits per heavy atom. The third-order valence-corrected chi connectivity index (χ3v) is 5.34. The number of carbonyl (C=O) groups is 2. The Kier molecular flexibility index (Phi) is 6.29. The number of methoxy groups -OCH3 is 1. The fraction of sp³-hybridized carbons (Fsp3) is 0.600. The van der Waals surface area contributed by atoms with Crippen LogP contribution < -0.4 is 5.32 Å². The van der Waals surface area contributed by atoms with Gasteiger partial charge in [0.05, 0.1) is 17.7 Å². The van der Waals surface area contributed by atoms with Crippen LogP contribution in [0.4, 0.5) is 5.69 Å². The maximum Gasteiger partial charge on any atom is 0.350 e. The van der Waals surface area contributed by atoms with Gasteiger partial charge < -0.3 is 10.1 Å². The fourth-order valence-electron chi connectivity index (χ4n) is 2.80. The number of thiophene rings is 1. The van der Waals surface area contributed by atoms with Gasteiger partial charge in [-0.05, 0) is 58.4 Å². The molecule has 1 saturated carbocycles. The average Bonchev–Trinajstić information content (AvgIpc) is 2.95. The molecule has 0 spiro atoms. The number of amides is 1. The van der Waals surface area contributed by atoms with E-state index in [9.17, 15) is 9.59 Å². The van der Waals surface area contributed by atoms with Gasteiger partial charge in [-0.3, -0.25) is 4.79 Å². The van der Waals surface area contributed by atoms with Gasteiger partial charge in [0.1, 0.15) is 4.88 Å². The minimum atomic E-state index is -0.443. The molecule has 1 aromatic heterocycles. The largest absolute Gasteiger partial charge is 0.465 e. The Morgan fingerprint density at radius 3 is 2.48 bits per heavy atom. The number of carbonyl (C=O) groups excluding carboxylic acids is 2. The predicted molar refractivity (Wildman–Crippen MR) is 104 cm³/mol. The summed E-state index contributed by atoms with van der Waals surface area (Å²) in [7, 11) is 1.34. The van der Waals surface area contributed by atoms with Crippen molar-refractivity contribution in [3.63, 3.8) is 0 Å². The van der Waals surface area contributed by atoms with Crippen LogP contribution in [0.2, 0.25) is 0 Å². The number of rotatable bonds is 3. The molecule has 0 unspecified atom stereocenters. The molecule has 1 aliphatic rings. The molecule has 0 atom stereocenters. The minimum Gasteiger partial charge on any atom is -0.465 e. The average molecular weight is 364 g/mol. The van der Waals surface area contributed by atoms with Crippen LogP contribution in [-0.2, 0) is 9.53 Å². The monoisotopic (exact) mass is 363 g/mol. The van der Waals surface area contributed by atoms with E-state index in [2.05, 4.69) is 24.1 Å². The van der Waals surface area contributed by atoms with Gasteiger partial charge in [-0.15, -0.1) is 11.3 Å². The molecule has 0 bridgehead atoms. The standard InChI is InChI=1S/C20H27NO3S.H2/c1-13-6-8-14(9-7-13)18(22)21-16-12-15(10-11-20(2,3)4)25-17(16)19(23)24-5;/h12-14H,6-9H2,1-5H3,(H,21,22);1H. The van der Waals surface area contributed by atoms with Gasteiger partial charge in [0, 0.05) is 12.8 Å². The lowest BCUT2D eigenvalue weighted by Crippen LogP contribution is -2.27. The predicted octanol–water partition coefficient (Wildman–Crippen LogP) is 4.94. The molecule has 1 fully saturated rings. The summed E-state index contributed by atoms with van der Waals surface area (Å²) in [4.78, 5) is 25.8. The summed E-state index contributed by atoms with van der Waals surface area (Å²) in [6.45, 7) is 8.31. The molecule has 138 valence electrons. The van der Waals surface area contributed by atoms with Gasteiger partial charge in [-0.2, -0.15) is 0 Å². The van der Waals surface area contributed by atoms with Gasteiger partial charge in [0.15, 0.2) is 0 Å². The fourth-order valence-corrected chi connectivity index (χ4v) is 3.68. The van der Waals surface area contributed by atoms with Crippen molar-refractivity contribution < 1.29 is 15.8 Å². The molecule has 0 aromatic carbocycles. The second-order valence-electron chi connectivity index (χ2n) is 7.79. The molecule has 0 radical (unpaired) electrons. The van der Waals surface area contributed by atoms with Gasteiger partial charge in [0.2, 0.25) is 5.91 Å². The summed E-state index contributed by atoms with van der Waals surface area (Å²) >= 11 is 1.26. The highest BCUT2D eigenvalue weighted by Crippen LogP contribution is 2.32. The molecule has 1 heterocycles. The van der Waals surface area contributed by atoms with E-state index in [4.69, 9.17) is 4.74 Å². The zero-order valence-corrected chi connectivity index (χ0v) is 16.5. The maximum absolute atomic E-state index is 12.6. The lowest BCUT2D eigenvalue weighted by Gasteiger charge is -2.25. The van der Waals surface area contributed by atoms with Gasteiger partial charge in [0.25, 0.3) is 0 Å². The summed E-state index contributed by atoms with van der Waals surface area (Å²) in [5.41, 5.74) is 0.385. The molecule has 1 N–H and O–H groups in total. The maximum atomic E-state index is 12.6. The van der Waals surface area contributed by atoms with Crippen LogP contribution in [0.15, 0.2) is 6.07 Å². The van der Waals surface area contributed by atoms with E-state index in [1.54, 1.807) is 6.07 Å². The van der Waals surface area contributed by atoms with Crippen LogP contribution in [0.1, 0.15) is 69.4 Å². The second kappa shape index (κ2) is 8.05. The van der Waals surface area contributed by atoms with Crippen LogP contribution in [-0.4, -0.2) is 19.0 Å². The number of hydrogen-bond donors (Lipinski definition) is 1. The Morgan fingerprint density at radius 2 is 1.92 bits per heavy atom. The minimum absolute atomic E-state index is 0.